The molecular formula is C6H9BBrN3. The van der Waals surface area contributed by atoms with Crippen molar-refractivity contribution in [2.24, 2.45) is 0 Å². The van der Waals surface area contributed by atoms with Crippen LogP contribution in [-0.4, -0.2) is 23.2 Å². The molecule has 5 heteroatoms. The van der Waals surface area contributed by atoms with E-state index in [2.05, 4.69) is 34.4 Å². The number of halogens is 1. The number of nitrogens with zero attached hydrogens (tertiary/aromatic N) is 2. The molecule has 3 nitrogen and oxygen atoms in total. The van der Waals surface area contributed by atoms with Gasteiger partial charge in [-0.25, -0.2) is 3.71 Å². The van der Waals surface area contributed by atoms with Crippen LogP contribution in [0.5, 0.6) is 0 Å². The van der Waals surface area contributed by atoms with Crippen LogP contribution in [0.1, 0.15) is 11.3 Å². The number of fused-ring (bicyclic) bond motifs is 1. The summed E-state index contributed by atoms with van der Waals surface area (Å²) in [4.78, 5) is 0. The third kappa shape index (κ3) is 1.12. The van der Waals surface area contributed by atoms with Crippen molar-refractivity contribution in [3.8, 4) is 0 Å². The molecule has 0 atom stereocenters. The summed E-state index contributed by atoms with van der Waals surface area (Å²) in [5, 5.41) is 7.66. The summed E-state index contributed by atoms with van der Waals surface area (Å²) in [6, 6.07) is 0. The van der Waals surface area contributed by atoms with Gasteiger partial charge >= 0.3 is 0 Å². The van der Waals surface area contributed by atoms with Gasteiger partial charge < -0.3 is 5.32 Å². The molecule has 0 fully saturated rings. The predicted octanol–water partition coefficient (Wildman–Crippen LogP) is -1.05. The highest BCUT2D eigenvalue weighted by molar-refractivity contribution is 9.08. The lowest BCUT2D eigenvalue weighted by Gasteiger charge is -2.11. The minimum atomic E-state index is 0.965. The maximum Gasteiger partial charge on any atom is 0.165 e. The van der Waals surface area contributed by atoms with Gasteiger partial charge in [0, 0.05) is 30.7 Å². The zero-order valence-corrected chi connectivity index (χ0v) is 7.98. The van der Waals surface area contributed by atoms with Crippen LogP contribution in [0.25, 0.3) is 0 Å². The van der Waals surface area contributed by atoms with Crippen molar-refractivity contribution in [3.05, 3.63) is 11.3 Å². The molecule has 0 saturated heterocycles. The summed E-state index contributed by atoms with van der Waals surface area (Å²) in [5.41, 5.74) is 3.80. The van der Waals surface area contributed by atoms with Crippen molar-refractivity contribution in [3.63, 3.8) is 0 Å². The minimum absolute atomic E-state index is 0.965. The Labute approximate surface area is 74.9 Å². The highest BCUT2D eigenvalue weighted by Crippen LogP contribution is 2.09. The number of aromatic nitrogens is 2. The number of hydrogen-bond acceptors (Lipinski definition) is 2. The average Bonchev–Trinajstić information content (AvgIpc) is 2.30. The zero-order valence-electron chi connectivity index (χ0n) is 6.39. The molecular weight excluding hydrogens is 205 g/mol. The van der Waals surface area contributed by atoms with E-state index >= 15 is 0 Å². The molecule has 0 amide bonds. The molecule has 0 bridgehead atoms. The quantitative estimate of drug-likeness (QED) is 0.558. The summed E-state index contributed by atoms with van der Waals surface area (Å²) in [7, 11) is 2.08. The molecule has 2 rings (SSSR count). The lowest BCUT2D eigenvalue weighted by Crippen LogP contribution is -2.27. The molecule has 1 aromatic heterocycles. The van der Waals surface area contributed by atoms with Crippen LogP contribution >= 0.6 is 16.1 Å². The third-order valence-electron chi connectivity index (χ3n) is 2.11. The highest BCUT2D eigenvalue weighted by atomic mass is 79.9. The molecule has 1 N–H and O–H groups in total. The van der Waals surface area contributed by atoms with Gasteiger partial charge in [0.2, 0.25) is 0 Å². The molecule has 0 aliphatic carbocycles. The molecule has 1 aliphatic rings. The maximum atomic E-state index is 4.34. The van der Waals surface area contributed by atoms with Gasteiger partial charge in [0.05, 0.1) is 21.8 Å². The summed E-state index contributed by atoms with van der Waals surface area (Å²) in [5.74, 6) is 0. The van der Waals surface area contributed by atoms with Crippen LogP contribution in [0.15, 0.2) is 0 Å². The number of rotatable bonds is 0. The lowest BCUT2D eigenvalue weighted by atomic mass is 9.95. The first-order valence-electron chi connectivity index (χ1n) is 3.73. The lowest BCUT2D eigenvalue weighted by molar-refractivity contribution is 0.637. The van der Waals surface area contributed by atoms with Crippen LogP contribution in [0.3, 0.4) is 0 Å². The van der Waals surface area contributed by atoms with Crippen molar-refractivity contribution >= 4 is 29.6 Å². The second-order valence-corrected chi connectivity index (χ2v) is 3.47. The molecule has 0 saturated carbocycles. The van der Waals surface area contributed by atoms with E-state index in [0.29, 0.717) is 0 Å². The molecule has 0 unspecified atom stereocenters. The second-order valence-electron chi connectivity index (χ2n) is 2.80. The monoisotopic (exact) mass is 213 g/mol. The van der Waals surface area contributed by atoms with E-state index in [1.807, 2.05) is 0 Å². The molecule has 11 heavy (non-hydrogen) atoms. The highest BCUT2D eigenvalue weighted by Gasteiger charge is 2.15. The Hall–Kier alpha value is -0.285. The molecule has 1 aliphatic heterocycles. The topological polar surface area (TPSA) is 29.9 Å². The Balaban J connectivity index is 2.50. The van der Waals surface area contributed by atoms with Crippen molar-refractivity contribution < 1.29 is 0 Å². The van der Waals surface area contributed by atoms with Crippen LogP contribution < -0.4 is 10.9 Å². The predicted molar refractivity (Wildman–Crippen MR) is 50.1 cm³/mol. The van der Waals surface area contributed by atoms with E-state index in [1.165, 1.54) is 16.9 Å². The van der Waals surface area contributed by atoms with Gasteiger partial charge in [-0.15, -0.1) is 0 Å². The van der Waals surface area contributed by atoms with Crippen molar-refractivity contribution in [2.75, 3.05) is 6.54 Å². The van der Waals surface area contributed by atoms with E-state index in [4.69, 9.17) is 0 Å². The standard InChI is InChI=1S/C6H9BBrN3/c7-6-4-3-9-2-1-5(4)10-11(6)8/h9H,1-3,7H2. The van der Waals surface area contributed by atoms with Crippen LogP contribution in [-0.2, 0) is 13.0 Å². The van der Waals surface area contributed by atoms with Gasteiger partial charge in [-0.3, -0.25) is 0 Å². The van der Waals surface area contributed by atoms with Crippen molar-refractivity contribution in [1.82, 2.24) is 14.1 Å². The maximum absolute atomic E-state index is 4.34. The second kappa shape index (κ2) is 2.64. The fraction of sp³-hybridized carbons (Fsp3) is 0.500. The molecule has 1 aromatic rings. The van der Waals surface area contributed by atoms with Crippen LogP contribution in [0, 0.1) is 0 Å². The van der Waals surface area contributed by atoms with Crippen molar-refractivity contribution in [2.45, 2.75) is 13.0 Å². The Bertz CT molecular complexity index is 284. The first kappa shape index (κ1) is 7.37. The molecule has 58 valence electrons. The first-order chi connectivity index (χ1) is 5.29. The summed E-state index contributed by atoms with van der Waals surface area (Å²) >= 11 is 3.35. The first-order valence-corrected chi connectivity index (χ1v) is 4.44. The molecule has 2 heterocycles. The summed E-state index contributed by atoms with van der Waals surface area (Å²) in [6.07, 6.45) is 1.05. The van der Waals surface area contributed by atoms with Gasteiger partial charge in [0.15, 0.2) is 7.85 Å². The largest absolute Gasteiger partial charge is 0.312 e. The van der Waals surface area contributed by atoms with Crippen LogP contribution in [0.4, 0.5) is 0 Å². The smallest absolute Gasteiger partial charge is 0.165 e. The van der Waals surface area contributed by atoms with Gasteiger partial charge in [-0.2, -0.15) is 5.10 Å². The van der Waals surface area contributed by atoms with E-state index in [9.17, 15) is 0 Å². The normalized spacial score (nSPS) is 16.5. The average molecular weight is 214 g/mol. The Morgan fingerprint density at radius 3 is 3.18 bits per heavy atom. The van der Waals surface area contributed by atoms with Gasteiger partial charge in [0.25, 0.3) is 0 Å². The molecule has 0 aromatic carbocycles. The van der Waals surface area contributed by atoms with Crippen molar-refractivity contribution in [1.29, 1.82) is 0 Å². The molecule has 0 radical (unpaired) electrons. The Kier molecular flexibility index (Phi) is 1.77. The van der Waals surface area contributed by atoms with Gasteiger partial charge in [0.1, 0.15) is 0 Å². The van der Waals surface area contributed by atoms with Gasteiger partial charge in [-0.05, 0) is 0 Å². The van der Waals surface area contributed by atoms with Crippen LogP contribution in [0.2, 0.25) is 0 Å². The van der Waals surface area contributed by atoms with E-state index in [0.717, 1.165) is 19.5 Å². The summed E-state index contributed by atoms with van der Waals surface area (Å²) in [6.45, 7) is 2.02. The molecule has 0 spiro atoms. The third-order valence-corrected chi connectivity index (χ3v) is 2.80. The SMILES string of the molecule is Bc1c2c(nn1Br)CCNC2. The fourth-order valence-electron chi connectivity index (χ4n) is 1.41. The van der Waals surface area contributed by atoms with E-state index in [-0.39, 0.29) is 0 Å². The zero-order chi connectivity index (χ0) is 7.84. The van der Waals surface area contributed by atoms with E-state index < -0.39 is 0 Å². The van der Waals surface area contributed by atoms with E-state index in [1.54, 1.807) is 3.71 Å². The Morgan fingerprint density at radius 2 is 2.45 bits per heavy atom. The Morgan fingerprint density at radius 1 is 1.64 bits per heavy atom. The number of nitrogens with one attached hydrogen (secondary N) is 1. The number of hydrogen-bond donors (Lipinski definition) is 1. The minimum Gasteiger partial charge on any atom is -0.312 e. The fourth-order valence-corrected chi connectivity index (χ4v) is 1.82. The summed E-state index contributed by atoms with van der Waals surface area (Å²) < 4.78 is 1.78. The van der Waals surface area contributed by atoms with Gasteiger partial charge in [-0.1, -0.05) is 0 Å².